The SMILES string of the molecule is CC(C)=COc1ccc(-c2scc(-c3nc(-c4c(F)cccc4Cl)nn3C)c2C)cc1. The lowest BCUT2D eigenvalue weighted by atomic mass is 10.1. The van der Waals surface area contributed by atoms with Gasteiger partial charge in [-0.05, 0) is 73.9 Å². The molecule has 0 unspecified atom stereocenters. The Balaban J connectivity index is 1.68. The molecule has 7 heteroatoms. The molecule has 0 aliphatic rings. The number of hydrogen-bond acceptors (Lipinski definition) is 4. The van der Waals surface area contributed by atoms with Crippen LogP contribution >= 0.6 is 22.9 Å². The van der Waals surface area contributed by atoms with E-state index in [0.29, 0.717) is 5.82 Å². The number of aromatic nitrogens is 3. The Hall–Kier alpha value is -2.96. The van der Waals surface area contributed by atoms with Crippen molar-refractivity contribution in [3.05, 3.63) is 76.1 Å². The molecule has 0 fully saturated rings. The van der Waals surface area contributed by atoms with E-state index in [9.17, 15) is 4.39 Å². The summed E-state index contributed by atoms with van der Waals surface area (Å²) in [7, 11) is 1.80. The van der Waals surface area contributed by atoms with Crippen LogP contribution in [0, 0.1) is 12.7 Å². The molecule has 2 heterocycles. The molecular formula is C24H21ClFN3OS. The minimum absolute atomic E-state index is 0.214. The van der Waals surface area contributed by atoms with Crippen LogP contribution in [-0.4, -0.2) is 14.8 Å². The van der Waals surface area contributed by atoms with Crippen LogP contribution in [0.15, 0.2) is 59.7 Å². The molecule has 4 aromatic rings. The maximum absolute atomic E-state index is 14.3. The number of rotatable bonds is 5. The smallest absolute Gasteiger partial charge is 0.186 e. The summed E-state index contributed by atoms with van der Waals surface area (Å²) in [5, 5.41) is 6.75. The van der Waals surface area contributed by atoms with Crippen LogP contribution in [0.1, 0.15) is 19.4 Å². The second kappa shape index (κ2) is 8.65. The monoisotopic (exact) mass is 453 g/mol. The van der Waals surface area contributed by atoms with Crippen molar-refractivity contribution in [1.29, 1.82) is 0 Å². The van der Waals surface area contributed by atoms with Crippen LogP contribution in [0.5, 0.6) is 5.75 Å². The molecule has 4 nitrogen and oxygen atoms in total. The van der Waals surface area contributed by atoms with Gasteiger partial charge >= 0.3 is 0 Å². The normalized spacial score (nSPS) is 10.9. The number of hydrogen-bond donors (Lipinski definition) is 0. The highest BCUT2D eigenvalue weighted by atomic mass is 35.5. The van der Waals surface area contributed by atoms with Crippen LogP contribution in [0.4, 0.5) is 4.39 Å². The summed E-state index contributed by atoms with van der Waals surface area (Å²) in [6.45, 7) is 6.03. The van der Waals surface area contributed by atoms with Gasteiger partial charge in [-0.1, -0.05) is 17.7 Å². The van der Waals surface area contributed by atoms with Crippen molar-refractivity contribution in [2.45, 2.75) is 20.8 Å². The second-order valence-electron chi connectivity index (χ2n) is 7.42. The first-order valence-electron chi connectivity index (χ1n) is 9.69. The fraction of sp³-hybridized carbons (Fsp3) is 0.167. The quantitative estimate of drug-likeness (QED) is 0.298. The Morgan fingerprint density at radius 2 is 1.90 bits per heavy atom. The van der Waals surface area contributed by atoms with Gasteiger partial charge in [0, 0.05) is 22.9 Å². The molecule has 0 N–H and O–H groups in total. The Bertz CT molecular complexity index is 1250. The third-order valence-electron chi connectivity index (χ3n) is 4.78. The fourth-order valence-electron chi connectivity index (χ4n) is 3.23. The standard InChI is InChI=1S/C24H21ClFN3OS/c1-14(2)12-30-17-10-8-16(9-11-17)22-15(3)18(13-31-22)24-27-23(28-29(24)4)21-19(25)6-5-7-20(21)26/h5-13H,1-4H3. The first kappa shape index (κ1) is 21.3. The molecule has 0 amide bonds. The van der Waals surface area contributed by atoms with Crippen molar-refractivity contribution in [1.82, 2.24) is 14.8 Å². The molecular weight excluding hydrogens is 433 g/mol. The summed E-state index contributed by atoms with van der Waals surface area (Å²) in [6.07, 6.45) is 1.73. The maximum Gasteiger partial charge on any atom is 0.186 e. The summed E-state index contributed by atoms with van der Waals surface area (Å²) >= 11 is 7.83. The Morgan fingerprint density at radius 3 is 2.58 bits per heavy atom. The summed E-state index contributed by atoms with van der Waals surface area (Å²) in [4.78, 5) is 5.74. The van der Waals surface area contributed by atoms with Crippen LogP contribution in [0.3, 0.4) is 0 Å². The maximum atomic E-state index is 14.3. The van der Waals surface area contributed by atoms with E-state index in [-0.39, 0.29) is 16.4 Å². The van der Waals surface area contributed by atoms with Crippen molar-refractivity contribution in [3.63, 3.8) is 0 Å². The Kier molecular flexibility index (Phi) is 5.94. The van der Waals surface area contributed by atoms with Crippen molar-refractivity contribution in [3.8, 4) is 39.0 Å². The lowest BCUT2D eigenvalue weighted by Crippen LogP contribution is -1.95. The number of ether oxygens (including phenoxy) is 1. The summed E-state index contributed by atoms with van der Waals surface area (Å²) in [5.74, 6) is 1.29. The zero-order chi connectivity index (χ0) is 22.1. The minimum Gasteiger partial charge on any atom is -0.465 e. The molecule has 4 rings (SSSR count). The van der Waals surface area contributed by atoms with E-state index < -0.39 is 5.82 Å². The lowest BCUT2D eigenvalue weighted by molar-refractivity contribution is 0.476. The van der Waals surface area contributed by atoms with Crippen molar-refractivity contribution in [2.24, 2.45) is 7.05 Å². The zero-order valence-corrected chi connectivity index (χ0v) is 19.2. The van der Waals surface area contributed by atoms with Gasteiger partial charge in [0.1, 0.15) is 11.6 Å². The third kappa shape index (κ3) is 4.27. The zero-order valence-electron chi connectivity index (χ0n) is 17.6. The molecule has 2 aromatic carbocycles. The number of allylic oxidation sites excluding steroid dienone is 1. The van der Waals surface area contributed by atoms with Crippen LogP contribution in [-0.2, 0) is 7.05 Å². The topological polar surface area (TPSA) is 39.9 Å². The Labute approximate surface area is 189 Å². The highest BCUT2D eigenvalue weighted by Gasteiger charge is 2.20. The van der Waals surface area contributed by atoms with Crippen LogP contribution < -0.4 is 4.74 Å². The van der Waals surface area contributed by atoms with Gasteiger partial charge in [-0.2, -0.15) is 5.10 Å². The highest BCUT2D eigenvalue weighted by molar-refractivity contribution is 7.14. The highest BCUT2D eigenvalue weighted by Crippen LogP contribution is 2.38. The minimum atomic E-state index is -0.442. The summed E-state index contributed by atoms with van der Waals surface area (Å²) in [5.41, 5.74) is 4.45. The average Bonchev–Trinajstić information content (AvgIpc) is 3.29. The van der Waals surface area contributed by atoms with Gasteiger partial charge in [0.25, 0.3) is 0 Å². The van der Waals surface area contributed by atoms with Gasteiger partial charge in [0.05, 0.1) is 16.8 Å². The van der Waals surface area contributed by atoms with Crippen molar-refractivity contribution >= 4 is 22.9 Å². The van der Waals surface area contributed by atoms with Crippen molar-refractivity contribution in [2.75, 3.05) is 0 Å². The largest absolute Gasteiger partial charge is 0.465 e. The van der Waals surface area contributed by atoms with E-state index in [2.05, 4.69) is 22.4 Å². The van der Waals surface area contributed by atoms with Gasteiger partial charge in [-0.25, -0.2) is 14.1 Å². The van der Waals surface area contributed by atoms with Gasteiger partial charge in [-0.3, -0.25) is 0 Å². The molecule has 0 aliphatic heterocycles. The van der Waals surface area contributed by atoms with E-state index in [0.717, 1.165) is 32.9 Å². The van der Waals surface area contributed by atoms with E-state index in [1.165, 1.54) is 6.07 Å². The van der Waals surface area contributed by atoms with Gasteiger partial charge in [0.2, 0.25) is 0 Å². The average molecular weight is 454 g/mol. The third-order valence-corrected chi connectivity index (χ3v) is 6.22. The number of halogens is 2. The summed E-state index contributed by atoms with van der Waals surface area (Å²) < 4.78 is 21.6. The van der Waals surface area contributed by atoms with Gasteiger partial charge in [0.15, 0.2) is 11.6 Å². The predicted molar refractivity (Wildman–Crippen MR) is 125 cm³/mol. The molecule has 0 radical (unpaired) electrons. The van der Waals surface area contributed by atoms with E-state index in [1.807, 2.05) is 38.1 Å². The number of nitrogens with zero attached hydrogens (tertiary/aromatic N) is 3. The number of thiophene rings is 1. The van der Waals surface area contributed by atoms with E-state index >= 15 is 0 Å². The van der Waals surface area contributed by atoms with Gasteiger partial charge < -0.3 is 4.74 Å². The molecule has 31 heavy (non-hydrogen) atoms. The lowest BCUT2D eigenvalue weighted by Gasteiger charge is -2.05. The molecule has 158 valence electrons. The molecule has 0 saturated heterocycles. The van der Waals surface area contributed by atoms with Gasteiger partial charge in [-0.15, -0.1) is 11.3 Å². The van der Waals surface area contributed by atoms with Crippen LogP contribution in [0.2, 0.25) is 5.02 Å². The molecule has 0 saturated carbocycles. The van der Waals surface area contributed by atoms with E-state index in [1.54, 1.807) is 41.5 Å². The molecule has 2 aromatic heterocycles. The number of aryl methyl sites for hydroxylation is 1. The van der Waals surface area contributed by atoms with E-state index in [4.69, 9.17) is 16.3 Å². The molecule has 0 bridgehead atoms. The molecule has 0 aliphatic carbocycles. The predicted octanol–water partition coefficient (Wildman–Crippen LogP) is 7.28. The second-order valence-corrected chi connectivity index (χ2v) is 8.71. The molecule has 0 spiro atoms. The Morgan fingerprint density at radius 1 is 1.16 bits per heavy atom. The van der Waals surface area contributed by atoms with Crippen LogP contribution in [0.25, 0.3) is 33.2 Å². The fourth-order valence-corrected chi connectivity index (χ4v) is 4.55. The van der Waals surface area contributed by atoms with Crippen molar-refractivity contribution < 1.29 is 9.13 Å². The first-order chi connectivity index (χ1) is 14.8. The summed E-state index contributed by atoms with van der Waals surface area (Å²) in [6, 6.07) is 12.5. The molecule has 0 atom stereocenters. The first-order valence-corrected chi connectivity index (χ1v) is 10.9. The number of benzene rings is 2.